The zero-order valence-electron chi connectivity index (χ0n) is 11.4. The first-order valence-corrected chi connectivity index (χ1v) is 7.10. The number of morpholine rings is 1. The first-order chi connectivity index (χ1) is 8.79. The molecule has 0 spiro atoms. The van der Waals surface area contributed by atoms with E-state index in [4.69, 9.17) is 4.74 Å². The normalized spacial score (nSPS) is 23.3. The van der Waals surface area contributed by atoms with E-state index < -0.39 is 0 Å². The van der Waals surface area contributed by atoms with Gasteiger partial charge in [-0.2, -0.15) is 0 Å². The standard InChI is InChI=1S/C13H25N3O2/c1-2-14-5-7-15(8-6-14)4-3-13(17)16-9-11-18-12-10-16/h2-12H2,1H3. The van der Waals surface area contributed by atoms with Crippen LogP contribution in [0.25, 0.3) is 0 Å². The minimum absolute atomic E-state index is 0.288. The lowest BCUT2D eigenvalue weighted by Gasteiger charge is -2.34. The summed E-state index contributed by atoms with van der Waals surface area (Å²) in [5.74, 6) is 0.288. The molecule has 5 heteroatoms. The van der Waals surface area contributed by atoms with Crippen LogP contribution in [0.5, 0.6) is 0 Å². The van der Waals surface area contributed by atoms with E-state index in [1.54, 1.807) is 0 Å². The van der Waals surface area contributed by atoms with Gasteiger partial charge in [0.2, 0.25) is 5.91 Å². The van der Waals surface area contributed by atoms with Crippen LogP contribution in [0.4, 0.5) is 0 Å². The maximum absolute atomic E-state index is 12.0. The second kappa shape index (κ2) is 7.07. The van der Waals surface area contributed by atoms with Gasteiger partial charge in [-0.25, -0.2) is 0 Å². The van der Waals surface area contributed by atoms with Crippen LogP contribution in [-0.2, 0) is 9.53 Å². The maximum Gasteiger partial charge on any atom is 0.224 e. The molecular formula is C13H25N3O2. The SMILES string of the molecule is CCN1CCN(CCC(=O)N2CCOCC2)CC1. The minimum atomic E-state index is 0.288. The van der Waals surface area contributed by atoms with Crippen molar-refractivity contribution in [2.75, 3.05) is 65.6 Å². The monoisotopic (exact) mass is 255 g/mol. The minimum Gasteiger partial charge on any atom is -0.378 e. The van der Waals surface area contributed by atoms with E-state index in [0.717, 1.165) is 52.4 Å². The summed E-state index contributed by atoms with van der Waals surface area (Å²) in [7, 11) is 0. The number of amides is 1. The lowest BCUT2D eigenvalue weighted by atomic mass is 10.2. The average molecular weight is 255 g/mol. The fourth-order valence-electron chi connectivity index (χ4n) is 2.55. The molecule has 2 fully saturated rings. The van der Waals surface area contributed by atoms with Gasteiger partial charge in [0.1, 0.15) is 0 Å². The molecule has 2 aliphatic rings. The van der Waals surface area contributed by atoms with E-state index in [1.165, 1.54) is 0 Å². The quantitative estimate of drug-likeness (QED) is 0.701. The molecule has 0 atom stereocenters. The second-order valence-electron chi connectivity index (χ2n) is 5.02. The van der Waals surface area contributed by atoms with Crippen LogP contribution in [-0.4, -0.2) is 86.2 Å². The summed E-state index contributed by atoms with van der Waals surface area (Å²) in [6.45, 7) is 11.7. The molecule has 0 bridgehead atoms. The number of likely N-dealkylation sites (N-methyl/N-ethyl adjacent to an activating group) is 1. The third kappa shape index (κ3) is 3.93. The Bertz CT molecular complexity index is 259. The number of hydrogen-bond donors (Lipinski definition) is 0. The van der Waals surface area contributed by atoms with Crippen LogP contribution in [0.15, 0.2) is 0 Å². The van der Waals surface area contributed by atoms with E-state index in [-0.39, 0.29) is 5.91 Å². The van der Waals surface area contributed by atoms with Gasteiger partial charge < -0.3 is 19.4 Å². The predicted molar refractivity (Wildman–Crippen MR) is 70.6 cm³/mol. The fourth-order valence-corrected chi connectivity index (χ4v) is 2.55. The number of rotatable bonds is 4. The fraction of sp³-hybridized carbons (Fsp3) is 0.923. The summed E-state index contributed by atoms with van der Waals surface area (Å²) in [6.07, 6.45) is 0.659. The van der Waals surface area contributed by atoms with E-state index in [2.05, 4.69) is 16.7 Å². The van der Waals surface area contributed by atoms with Crippen molar-refractivity contribution in [1.29, 1.82) is 0 Å². The Kier molecular flexibility index (Phi) is 5.41. The van der Waals surface area contributed by atoms with Crippen molar-refractivity contribution < 1.29 is 9.53 Å². The van der Waals surface area contributed by atoms with Crippen LogP contribution < -0.4 is 0 Å². The number of hydrogen-bond acceptors (Lipinski definition) is 4. The Hall–Kier alpha value is -0.650. The first-order valence-electron chi connectivity index (χ1n) is 7.10. The molecular weight excluding hydrogens is 230 g/mol. The van der Waals surface area contributed by atoms with Gasteiger partial charge >= 0.3 is 0 Å². The predicted octanol–water partition coefficient (Wildman–Crippen LogP) is -0.127. The van der Waals surface area contributed by atoms with Gasteiger partial charge in [0.25, 0.3) is 0 Å². The summed E-state index contributed by atoms with van der Waals surface area (Å²) in [5.41, 5.74) is 0. The van der Waals surface area contributed by atoms with Gasteiger partial charge in [0.05, 0.1) is 13.2 Å². The zero-order chi connectivity index (χ0) is 12.8. The van der Waals surface area contributed by atoms with Crippen molar-refractivity contribution in [2.24, 2.45) is 0 Å². The smallest absolute Gasteiger partial charge is 0.224 e. The van der Waals surface area contributed by atoms with Gasteiger partial charge in [-0.15, -0.1) is 0 Å². The van der Waals surface area contributed by atoms with Crippen molar-refractivity contribution in [3.8, 4) is 0 Å². The molecule has 0 N–H and O–H groups in total. The van der Waals surface area contributed by atoms with E-state index >= 15 is 0 Å². The number of nitrogens with zero attached hydrogens (tertiary/aromatic N) is 3. The molecule has 0 saturated carbocycles. The Morgan fingerprint density at radius 2 is 1.61 bits per heavy atom. The molecule has 0 aromatic carbocycles. The molecule has 2 saturated heterocycles. The Labute approximate surface area is 110 Å². The first kappa shape index (κ1) is 13.8. The highest BCUT2D eigenvalue weighted by molar-refractivity contribution is 5.76. The van der Waals surface area contributed by atoms with Crippen molar-refractivity contribution in [1.82, 2.24) is 14.7 Å². The van der Waals surface area contributed by atoms with E-state index in [0.29, 0.717) is 19.6 Å². The summed E-state index contributed by atoms with van der Waals surface area (Å²) in [5, 5.41) is 0. The number of piperazine rings is 1. The third-order valence-electron chi connectivity index (χ3n) is 3.92. The molecule has 2 heterocycles. The van der Waals surface area contributed by atoms with Crippen molar-refractivity contribution in [3.63, 3.8) is 0 Å². The van der Waals surface area contributed by atoms with Gasteiger partial charge in [-0.1, -0.05) is 6.92 Å². The number of ether oxygens (including phenoxy) is 1. The third-order valence-corrected chi connectivity index (χ3v) is 3.92. The molecule has 0 aromatic rings. The highest BCUT2D eigenvalue weighted by Gasteiger charge is 2.19. The summed E-state index contributed by atoms with van der Waals surface area (Å²) in [6, 6.07) is 0. The lowest BCUT2D eigenvalue weighted by molar-refractivity contribution is -0.135. The lowest BCUT2D eigenvalue weighted by Crippen LogP contribution is -2.47. The topological polar surface area (TPSA) is 36.0 Å². The van der Waals surface area contributed by atoms with Gasteiger partial charge in [-0.05, 0) is 6.54 Å². The van der Waals surface area contributed by atoms with Crippen LogP contribution in [0.1, 0.15) is 13.3 Å². The zero-order valence-corrected chi connectivity index (χ0v) is 11.4. The van der Waals surface area contributed by atoms with E-state index in [9.17, 15) is 4.79 Å². The second-order valence-corrected chi connectivity index (χ2v) is 5.02. The highest BCUT2D eigenvalue weighted by atomic mass is 16.5. The van der Waals surface area contributed by atoms with Crippen molar-refractivity contribution in [3.05, 3.63) is 0 Å². The molecule has 104 valence electrons. The van der Waals surface area contributed by atoms with Crippen molar-refractivity contribution in [2.45, 2.75) is 13.3 Å². The summed E-state index contributed by atoms with van der Waals surface area (Å²) in [4.78, 5) is 18.8. The van der Waals surface area contributed by atoms with E-state index in [1.807, 2.05) is 4.90 Å². The Balaban J connectivity index is 1.63. The molecule has 18 heavy (non-hydrogen) atoms. The molecule has 1 amide bonds. The van der Waals surface area contributed by atoms with Crippen molar-refractivity contribution >= 4 is 5.91 Å². The Morgan fingerprint density at radius 1 is 1.00 bits per heavy atom. The number of carbonyl (C=O) groups is 1. The largest absolute Gasteiger partial charge is 0.378 e. The highest BCUT2D eigenvalue weighted by Crippen LogP contribution is 2.05. The van der Waals surface area contributed by atoms with Crippen LogP contribution in [0.2, 0.25) is 0 Å². The molecule has 2 rings (SSSR count). The Morgan fingerprint density at radius 3 is 2.22 bits per heavy atom. The average Bonchev–Trinajstić information content (AvgIpc) is 2.46. The molecule has 0 unspecified atom stereocenters. The molecule has 0 aliphatic carbocycles. The maximum atomic E-state index is 12.0. The van der Waals surface area contributed by atoms with Gasteiger partial charge in [-0.3, -0.25) is 4.79 Å². The van der Waals surface area contributed by atoms with Gasteiger partial charge in [0.15, 0.2) is 0 Å². The summed E-state index contributed by atoms with van der Waals surface area (Å²) >= 11 is 0. The summed E-state index contributed by atoms with van der Waals surface area (Å²) < 4.78 is 5.26. The molecule has 0 radical (unpaired) electrons. The molecule has 0 aromatic heterocycles. The number of carbonyl (C=O) groups excluding carboxylic acids is 1. The van der Waals surface area contributed by atoms with Crippen LogP contribution in [0, 0.1) is 0 Å². The molecule has 2 aliphatic heterocycles. The van der Waals surface area contributed by atoms with Gasteiger partial charge in [0, 0.05) is 52.2 Å². The van der Waals surface area contributed by atoms with Crippen LogP contribution in [0.3, 0.4) is 0 Å². The molecule has 5 nitrogen and oxygen atoms in total. The van der Waals surface area contributed by atoms with Crippen LogP contribution >= 0.6 is 0 Å².